The molecule has 0 spiro atoms. The maximum Gasteiger partial charge on any atom is 0.446 e. The summed E-state index contributed by atoms with van der Waals surface area (Å²) in [4.78, 5) is 9.82. The second-order valence-electron chi connectivity index (χ2n) is 2.90. The second kappa shape index (κ2) is 4.65. The van der Waals surface area contributed by atoms with E-state index in [0.717, 1.165) is 12.1 Å². The monoisotopic (exact) mass is 251 g/mol. The maximum atomic E-state index is 12.0. The highest BCUT2D eigenvalue weighted by molar-refractivity contribution is 8.00. The van der Waals surface area contributed by atoms with Crippen molar-refractivity contribution in [3.05, 3.63) is 23.8 Å². The van der Waals surface area contributed by atoms with Crippen LogP contribution in [0.3, 0.4) is 0 Å². The van der Waals surface area contributed by atoms with Crippen molar-refractivity contribution in [2.75, 3.05) is 0 Å². The van der Waals surface area contributed by atoms with Gasteiger partial charge in [0, 0.05) is 12.4 Å². The fourth-order valence-electron chi connectivity index (χ4n) is 1.04. The number of carboxylic acid groups (broad SMARTS) is 1. The van der Waals surface area contributed by atoms with Gasteiger partial charge in [0.05, 0.1) is 4.90 Å². The molecule has 0 radical (unpaired) electrons. The van der Waals surface area contributed by atoms with Crippen LogP contribution in [0.25, 0.3) is 0 Å². The van der Waals surface area contributed by atoms with Crippen LogP contribution in [0.15, 0.2) is 23.1 Å². The molecule has 0 saturated carbocycles. The third kappa shape index (κ3) is 4.01. The van der Waals surface area contributed by atoms with Gasteiger partial charge in [0.15, 0.2) is 0 Å². The molecular formula is C9H6F3O3S-. The van der Waals surface area contributed by atoms with Crippen LogP contribution in [0, 0.1) is 0 Å². The first kappa shape index (κ1) is 12.7. The number of rotatable bonds is 3. The molecule has 16 heavy (non-hydrogen) atoms. The molecule has 0 aromatic heterocycles. The van der Waals surface area contributed by atoms with Crippen LogP contribution in [-0.4, -0.2) is 16.6 Å². The zero-order valence-corrected chi connectivity index (χ0v) is 8.56. The molecule has 0 aliphatic heterocycles. The molecule has 1 rings (SSSR count). The Bertz CT molecular complexity index is 403. The van der Waals surface area contributed by atoms with Crippen molar-refractivity contribution in [1.29, 1.82) is 0 Å². The summed E-state index contributed by atoms with van der Waals surface area (Å²) in [6.45, 7) is 0. The van der Waals surface area contributed by atoms with Gasteiger partial charge in [0.1, 0.15) is 5.75 Å². The van der Waals surface area contributed by atoms with Gasteiger partial charge >= 0.3 is 5.51 Å². The zero-order valence-electron chi connectivity index (χ0n) is 7.75. The van der Waals surface area contributed by atoms with Crippen molar-refractivity contribution in [1.82, 2.24) is 0 Å². The van der Waals surface area contributed by atoms with Gasteiger partial charge in [0.2, 0.25) is 0 Å². The Balaban J connectivity index is 2.95. The minimum Gasteiger partial charge on any atom is -0.550 e. The van der Waals surface area contributed by atoms with Crippen LogP contribution in [0.2, 0.25) is 0 Å². The smallest absolute Gasteiger partial charge is 0.446 e. The van der Waals surface area contributed by atoms with Gasteiger partial charge in [-0.15, -0.1) is 0 Å². The van der Waals surface area contributed by atoms with Gasteiger partial charge < -0.3 is 15.0 Å². The summed E-state index contributed by atoms with van der Waals surface area (Å²) in [6.07, 6.45) is -0.494. The first-order chi connectivity index (χ1) is 7.28. The van der Waals surface area contributed by atoms with Crippen LogP contribution in [0.4, 0.5) is 13.2 Å². The Labute approximate surface area is 92.9 Å². The number of phenolic OH excluding ortho intramolecular Hbond substituents is 1. The van der Waals surface area contributed by atoms with Gasteiger partial charge in [-0.25, -0.2) is 0 Å². The second-order valence-corrected chi connectivity index (χ2v) is 4.01. The number of halogens is 3. The standard InChI is InChI=1S/C9H7F3O3S/c10-9(11,12)16-7-3-5(4-8(14)15)1-2-6(7)13/h1-3,13H,4H2,(H,14,15)/p-1. The molecule has 0 saturated heterocycles. The molecule has 0 aliphatic carbocycles. The van der Waals surface area contributed by atoms with Crippen LogP contribution < -0.4 is 5.11 Å². The first-order valence-electron chi connectivity index (χ1n) is 4.05. The molecular weight excluding hydrogens is 245 g/mol. The van der Waals surface area contributed by atoms with Crippen molar-refractivity contribution in [2.24, 2.45) is 0 Å². The Morgan fingerprint density at radius 3 is 2.56 bits per heavy atom. The van der Waals surface area contributed by atoms with Gasteiger partial charge in [-0.3, -0.25) is 0 Å². The summed E-state index contributed by atoms with van der Waals surface area (Å²) in [7, 11) is 0. The van der Waals surface area contributed by atoms with E-state index in [-0.39, 0.29) is 5.56 Å². The van der Waals surface area contributed by atoms with Crippen LogP contribution in [0.5, 0.6) is 5.75 Å². The quantitative estimate of drug-likeness (QED) is 0.822. The number of phenols is 1. The van der Waals surface area contributed by atoms with Crippen molar-refractivity contribution in [2.45, 2.75) is 16.8 Å². The number of carbonyl (C=O) groups excluding carboxylic acids is 1. The Morgan fingerprint density at radius 1 is 1.44 bits per heavy atom. The molecule has 0 bridgehead atoms. The zero-order chi connectivity index (χ0) is 12.3. The summed E-state index contributed by atoms with van der Waals surface area (Å²) in [6, 6.07) is 3.22. The normalized spacial score (nSPS) is 11.4. The van der Waals surface area contributed by atoms with Crippen molar-refractivity contribution in [3.8, 4) is 5.75 Å². The van der Waals surface area contributed by atoms with Crippen LogP contribution in [0.1, 0.15) is 5.56 Å². The minimum absolute atomic E-state index is 0.143. The molecule has 0 atom stereocenters. The number of aliphatic carboxylic acids is 1. The Kier molecular flexibility index (Phi) is 3.69. The highest BCUT2D eigenvalue weighted by atomic mass is 32.2. The van der Waals surface area contributed by atoms with Gasteiger partial charge in [-0.2, -0.15) is 13.2 Å². The van der Waals surface area contributed by atoms with E-state index in [2.05, 4.69) is 0 Å². The average molecular weight is 251 g/mol. The molecule has 1 aromatic rings. The molecule has 0 heterocycles. The van der Waals surface area contributed by atoms with E-state index in [0.29, 0.717) is 0 Å². The predicted molar refractivity (Wildman–Crippen MR) is 48.7 cm³/mol. The maximum absolute atomic E-state index is 12.0. The third-order valence-electron chi connectivity index (χ3n) is 1.60. The summed E-state index contributed by atoms with van der Waals surface area (Å²) in [5.74, 6) is -1.93. The number of carbonyl (C=O) groups is 1. The van der Waals surface area contributed by atoms with E-state index in [4.69, 9.17) is 5.11 Å². The highest BCUT2D eigenvalue weighted by Gasteiger charge is 2.30. The number of benzene rings is 1. The summed E-state index contributed by atoms with van der Waals surface area (Å²) in [5, 5.41) is 19.4. The summed E-state index contributed by atoms with van der Waals surface area (Å²) >= 11 is -0.495. The average Bonchev–Trinajstić information content (AvgIpc) is 2.07. The molecule has 1 aromatic carbocycles. The summed E-state index contributed by atoms with van der Waals surface area (Å²) < 4.78 is 36.1. The minimum atomic E-state index is -4.53. The molecule has 3 nitrogen and oxygen atoms in total. The van der Waals surface area contributed by atoms with Gasteiger partial charge in [0.25, 0.3) is 0 Å². The van der Waals surface area contributed by atoms with E-state index in [9.17, 15) is 23.1 Å². The number of aromatic hydroxyl groups is 1. The number of thioether (sulfide) groups is 1. The molecule has 7 heteroatoms. The number of hydrogen-bond acceptors (Lipinski definition) is 4. The SMILES string of the molecule is O=C([O-])Cc1ccc(O)c(SC(F)(F)F)c1. The molecule has 0 aliphatic rings. The largest absolute Gasteiger partial charge is 0.550 e. The summed E-state index contributed by atoms with van der Waals surface area (Å²) in [5.41, 5.74) is -4.39. The predicted octanol–water partition coefficient (Wildman–Crippen LogP) is 1.30. The fraction of sp³-hybridized carbons (Fsp3) is 0.222. The molecule has 88 valence electrons. The lowest BCUT2D eigenvalue weighted by atomic mass is 10.1. The van der Waals surface area contributed by atoms with Crippen molar-refractivity contribution in [3.63, 3.8) is 0 Å². The van der Waals surface area contributed by atoms with E-state index >= 15 is 0 Å². The van der Waals surface area contributed by atoms with E-state index < -0.39 is 40.3 Å². The van der Waals surface area contributed by atoms with E-state index in [1.807, 2.05) is 0 Å². The molecule has 0 fully saturated rings. The van der Waals surface area contributed by atoms with Gasteiger partial charge in [-0.05, 0) is 29.5 Å². The highest BCUT2D eigenvalue weighted by Crippen LogP contribution is 2.41. The molecule has 0 unspecified atom stereocenters. The van der Waals surface area contributed by atoms with Crippen molar-refractivity contribution >= 4 is 17.7 Å². The van der Waals surface area contributed by atoms with E-state index in [1.54, 1.807) is 0 Å². The van der Waals surface area contributed by atoms with Gasteiger partial charge in [-0.1, -0.05) is 6.07 Å². The lowest BCUT2D eigenvalue weighted by Crippen LogP contribution is -2.24. The Morgan fingerprint density at radius 2 is 2.06 bits per heavy atom. The molecule has 0 amide bonds. The van der Waals surface area contributed by atoms with Crippen LogP contribution >= 0.6 is 11.8 Å². The molecule has 1 N–H and O–H groups in total. The number of carboxylic acids is 1. The third-order valence-corrected chi connectivity index (χ3v) is 2.38. The first-order valence-corrected chi connectivity index (χ1v) is 4.87. The van der Waals surface area contributed by atoms with Crippen molar-refractivity contribution < 1.29 is 28.2 Å². The topological polar surface area (TPSA) is 60.4 Å². The number of alkyl halides is 3. The Hall–Kier alpha value is -1.37. The van der Waals surface area contributed by atoms with Crippen LogP contribution in [-0.2, 0) is 11.2 Å². The van der Waals surface area contributed by atoms with E-state index in [1.165, 1.54) is 6.07 Å². The lowest BCUT2D eigenvalue weighted by Gasteiger charge is -2.09. The fourth-order valence-corrected chi connectivity index (χ4v) is 1.67. The lowest BCUT2D eigenvalue weighted by molar-refractivity contribution is -0.304. The number of hydrogen-bond donors (Lipinski definition) is 1.